The second kappa shape index (κ2) is 4.12. The summed E-state index contributed by atoms with van der Waals surface area (Å²) in [4.78, 5) is 10.3. The van der Waals surface area contributed by atoms with Crippen LogP contribution in [0.3, 0.4) is 0 Å². The molecule has 1 aromatic rings. The van der Waals surface area contributed by atoms with E-state index in [2.05, 4.69) is 6.07 Å². The Balaban J connectivity index is 2.94. The summed E-state index contributed by atoms with van der Waals surface area (Å²) < 4.78 is 5.16. The molecule has 2 nitrogen and oxygen atoms in total. The fourth-order valence-electron chi connectivity index (χ4n) is 0.801. The summed E-state index contributed by atoms with van der Waals surface area (Å²) in [6.07, 6.45) is 0.696. The monoisotopic (exact) mass is 183 g/mol. The fourth-order valence-corrected chi connectivity index (χ4v) is 1.03. The van der Waals surface area contributed by atoms with Gasteiger partial charge in [0.25, 0.3) is 0 Å². The smallest absolute Gasteiger partial charge is 0.150 e. The summed E-state index contributed by atoms with van der Waals surface area (Å²) in [7, 11) is 0. The minimum absolute atomic E-state index is 0.434. The highest BCUT2D eigenvalue weighted by Crippen LogP contribution is 2.24. The number of carbonyl (C=O) groups excluding carboxylic acids is 1. The number of ether oxygens (including phenoxy) is 1. The van der Waals surface area contributed by atoms with Crippen LogP contribution in [0, 0.1) is 6.07 Å². The zero-order valence-electron chi connectivity index (χ0n) is 6.63. The number of carbonyl (C=O) groups is 1. The van der Waals surface area contributed by atoms with Crippen LogP contribution in [0.25, 0.3) is 0 Å². The van der Waals surface area contributed by atoms with E-state index in [0.29, 0.717) is 29.2 Å². The molecule has 3 heteroatoms. The summed E-state index contributed by atoms with van der Waals surface area (Å²) in [5.74, 6) is 0.560. The number of hydrogen-bond donors (Lipinski definition) is 0. The van der Waals surface area contributed by atoms with Gasteiger partial charge in [-0.3, -0.25) is 4.79 Å². The standard InChI is InChI=1S/C9H8ClO2/c1-2-12-9-4-3-7(6-11)5-8(9)10/h4-6H,2H2,1H3. The van der Waals surface area contributed by atoms with Crippen molar-refractivity contribution in [1.82, 2.24) is 0 Å². The Bertz CT molecular complexity index is 284. The molecule has 1 rings (SSSR count). The van der Waals surface area contributed by atoms with Crippen LogP contribution in [0.4, 0.5) is 0 Å². The van der Waals surface area contributed by atoms with Crippen LogP contribution in [0.2, 0.25) is 5.02 Å². The summed E-state index contributed by atoms with van der Waals surface area (Å²) >= 11 is 5.78. The first-order chi connectivity index (χ1) is 5.77. The SMILES string of the molecule is CCOc1c[c]c(C=O)cc1Cl. The molecular formula is C9H8ClO2. The summed E-state index contributed by atoms with van der Waals surface area (Å²) in [6, 6.07) is 5.83. The molecule has 63 valence electrons. The predicted molar refractivity (Wildman–Crippen MR) is 46.8 cm³/mol. The van der Waals surface area contributed by atoms with E-state index in [-0.39, 0.29) is 0 Å². The van der Waals surface area contributed by atoms with Crippen LogP contribution in [0.15, 0.2) is 12.1 Å². The second-order valence-electron chi connectivity index (χ2n) is 2.15. The van der Waals surface area contributed by atoms with Gasteiger partial charge in [0.15, 0.2) is 6.29 Å². The normalized spacial score (nSPS) is 9.50. The van der Waals surface area contributed by atoms with E-state index in [9.17, 15) is 4.79 Å². The van der Waals surface area contributed by atoms with Crippen molar-refractivity contribution in [3.05, 3.63) is 28.8 Å². The Labute approximate surface area is 76.1 Å². The molecule has 0 N–H and O–H groups in total. The highest BCUT2D eigenvalue weighted by Gasteiger charge is 2.01. The first-order valence-electron chi connectivity index (χ1n) is 3.57. The molecule has 0 saturated carbocycles. The average molecular weight is 184 g/mol. The van der Waals surface area contributed by atoms with E-state index in [1.165, 1.54) is 6.07 Å². The molecule has 0 saturated heterocycles. The first-order valence-corrected chi connectivity index (χ1v) is 3.95. The maximum Gasteiger partial charge on any atom is 0.150 e. The minimum Gasteiger partial charge on any atom is -0.492 e. The van der Waals surface area contributed by atoms with Crippen LogP contribution >= 0.6 is 11.6 Å². The zero-order chi connectivity index (χ0) is 8.97. The topological polar surface area (TPSA) is 26.3 Å². The third kappa shape index (κ3) is 1.98. The lowest BCUT2D eigenvalue weighted by molar-refractivity contribution is 0.112. The van der Waals surface area contributed by atoms with Crippen molar-refractivity contribution in [2.45, 2.75) is 6.92 Å². The molecule has 0 heterocycles. The van der Waals surface area contributed by atoms with E-state index >= 15 is 0 Å². The van der Waals surface area contributed by atoms with Gasteiger partial charge in [0, 0.05) is 5.56 Å². The quantitative estimate of drug-likeness (QED) is 0.673. The number of hydrogen-bond acceptors (Lipinski definition) is 2. The lowest BCUT2D eigenvalue weighted by atomic mass is 10.2. The van der Waals surface area contributed by atoms with Gasteiger partial charge >= 0.3 is 0 Å². The van der Waals surface area contributed by atoms with Crippen molar-refractivity contribution in [3.8, 4) is 5.75 Å². The predicted octanol–water partition coefficient (Wildman–Crippen LogP) is 2.35. The Morgan fingerprint density at radius 1 is 1.75 bits per heavy atom. The Hall–Kier alpha value is -1.02. The lowest BCUT2D eigenvalue weighted by Gasteiger charge is -2.04. The molecule has 0 spiro atoms. The van der Waals surface area contributed by atoms with Crippen LogP contribution < -0.4 is 4.74 Å². The van der Waals surface area contributed by atoms with Crippen LogP contribution in [-0.4, -0.2) is 12.9 Å². The molecule has 1 radical (unpaired) electrons. The minimum atomic E-state index is 0.434. The molecule has 0 aromatic heterocycles. The maximum absolute atomic E-state index is 10.3. The molecular weight excluding hydrogens is 176 g/mol. The molecule has 0 fully saturated rings. The summed E-state index contributed by atoms with van der Waals surface area (Å²) in [5.41, 5.74) is 0.434. The van der Waals surface area contributed by atoms with Gasteiger partial charge in [0.2, 0.25) is 0 Å². The average Bonchev–Trinajstić information content (AvgIpc) is 2.09. The third-order valence-electron chi connectivity index (χ3n) is 1.31. The first kappa shape index (κ1) is 9.07. The van der Waals surface area contributed by atoms with Crippen LogP contribution in [0.1, 0.15) is 17.3 Å². The third-order valence-corrected chi connectivity index (χ3v) is 1.61. The van der Waals surface area contributed by atoms with Gasteiger partial charge in [0.1, 0.15) is 5.75 Å². The van der Waals surface area contributed by atoms with Crippen LogP contribution in [-0.2, 0) is 0 Å². The number of halogens is 1. The molecule has 0 amide bonds. The summed E-state index contributed by atoms with van der Waals surface area (Å²) in [5, 5.41) is 0.442. The highest BCUT2D eigenvalue weighted by atomic mass is 35.5. The number of rotatable bonds is 3. The lowest BCUT2D eigenvalue weighted by Crippen LogP contribution is -1.92. The molecule has 1 aromatic carbocycles. The van der Waals surface area contributed by atoms with Crippen LogP contribution in [0.5, 0.6) is 5.75 Å². The molecule has 0 unspecified atom stereocenters. The summed E-state index contributed by atoms with van der Waals surface area (Å²) in [6.45, 7) is 2.41. The van der Waals surface area contributed by atoms with E-state index in [0.717, 1.165) is 0 Å². The van der Waals surface area contributed by atoms with Crippen molar-refractivity contribution < 1.29 is 9.53 Å². The zero-order valence-corrected chi connectivity index (χ0v) is 7.39. The van der Waals surface area contributed by atoms with Gasteiger partial charge in [-0.1, -0.05) is 11.6 Å². The van der Waals surface area contributed by atoms with Crippen molar-refractivity contribution in [2.24, 2.45) is 0 Å². The molecule has 0 bridgehead atoms. The van der Waals surface area contributed by atoms with E-state index < -0.39 is 0 Å². The fraction of sp³-hybridized carbons (Fsp3) is 0.222. The molecule has 12 heavy (non-hydrogen) atoms. The molecule has 0 aliphatic rings. The van der Waals surface area contributed by atoms with Gasteiger partial charge in [-0.25, -0.2) is 0 Å². The number of benzene rings is 1. The maximum atomic E-state index is 10.3. The van der Waals surface area contributed by atoms with E-state index in [4.69, 9.17) is 16.3 Å². The highest BCUT2D eigenvalue weighted by molar-refractivity contribution is 6.32. The number of aldehydes is 1. The Morgan fingerprint density at radius 3 is 3.00 bits per heavy atom. The van der Waals surface area contributed by atoms with Gasteiger partial charge in [0.05, 0.1) is 11.6 Å². The van der Waals surface area contributed by atoms with Crippen molar-refractivity contribution in [3.63, 3.8) is 0 Å². The molecule has 0 atom stereocenters. The molecule has 0 aliphatic heterocycles. The van der Waals surface area contributed by atoms with Gasteiger partial charge in [-0.05, 0) is 25.1 Å². The van der Waals surface area contributed by atoms with Crippen molar-refractivity contribution >= 4 is 17.9 Å². The van der Waals surface area contributed by atoms with Gasteiger partial charge in [-0.2, -0.15) is 0 Å². The van der Waals surface area contributed by atoms with Gasteiger partial charge in [-0.15, -0.1) is 0 Å². The Morgan fingerprint density at radius 2 is 2.50 bits per heavy atom. The Kier molecular flexibility index (Phi) is 3.11. The largest absolute Gasteiger partial charge is 0.492 e. The van der Waals surface area contributed by atoms with Crippen molar-refractivity contribution in [2.75, 3.05) is 6.61 Å². The van der Waals surface area contributed by atoms with E-state index in [1.807, 2.05) is 6.92 Å². The van der Waals surface area contributed by atoms with E-state index in [1.54, 1.807) is 6.07 Å². The van der Waals surface area contributed by atoms with Gasteiger partial charge < -0.3 is 4.74 Å². The second-order valence-corrected chi connectivity index (χ2v) is 2.56. The molecule has 0 aliphatic carbocycles. The van der Waals surface area contributed by atoms with Crippen molar-refractivity contribution in [1.29, 1.82) is 0 Å².